The van der Waals surface area contributed by atoms with Crippen molar-refractivity contribution in [3.8, 4) is 0 Å². The van der Waals surface area contributed by atoms with Gasteiger partial charge in [-0.05, 0) is 0 Å². The molecule has 6 rings (SSSR count). The molecule has 0 unspecified atom stereocenters. The zero-order chi connectivity index (χ0) is 22.4. The van der Waals surface area contributed by atoms with Gasteiger partial charge in [-0.1, -0.05) is 121 Å². The highest BCUT2D eigenvalue weighted by molar-refractivity contribution is 7.19. The quantitative estimate of drug-likeness (QED) is 0.338. The van der Waals surface area contributed by atoms with E-state index in [0.29, 0.717) is 0 Å². The van der Waals surface area contributed by atoms with Crippen LogP contribution in [0.15, 0.2) is 121 Å². The van der Waals surface area contributed by atoms with Gasteiger partial charge in [-0.25, -0.2) is 0 Å². The summed E-state index contributed by atoms with van der Waals surface area (Å²) in [5.41, 5.74) is 5.36. The molecule has 2 heteroatoms. The minimum absolute atomic E-state index is 1.22. The fourth-order valence-electron chi connectivity index (χ4n) is 6.18. The highest BCUT2D eigenvalue weighted by Crippen LogP contribution is 2.26. The Morgan fingerprint density at radius 1 is 0.364 bits per heavy atom. The standard InChI is InChI=1S/C24H20B.C7H14N/c1-5-13-21(14-6-1)25(22-15-7-2-8-16-22,23-17-9-3-10-18-23)24-19-11-4-12-20-24;1-2-5-8(4-1)6-3-7-8/h1-20H;1-7H2/q-1;+1. The molecule has 0 amide bonds. The Balaban J connectivity index is 0.000000238. The molecule has 2 aliphatic rings. The van der Waals surface area contributed by atoms with Gasteiger partial charge in [0.1, 0.15) is 6.15 Å². The molecule has 0 aliphatic carbocycles. The van der Waals surface area contributed by atoms with Crippen LogP contribution in [0.1, 0.15) is 19.3 Å². The van der Waals surface area contributed by atoms with Crippen molar-refractivity contribution in [2.45, 2.75) is 19.3 Å². The highest BCUT2D eigenvalue weighted by Gasteiger charge is 2.37. The predicted molar refractivity (Wildman–Crippen MR) is 144 cm³/mol. The summed E-state index contributed by atoms with van der Waals surface area (Å²) in [5.74, 6) is 0. The lowest BCUT2D eigenvalue weighted by molar-refractivity contribution is -0.952. The summed E-state index contributed by atoms with van der Waals surface area (Å²) in [6.45, 7) is 6.00. The molecule has 4 aromatic rings. The third-order valence-electron chi connectivity index (χ3n) is 7.98. The van der Waals surface area contributed by atoms with E-state index in [1.54, 1.807) is 0 Å². The second kappa shape index (κ2) is 9.81. The Hall–Kier alpha value is -3.10. The van der Waals surface area contributed by atoms with Crippen LogP contribution in [-0.2, 0) is 0 Å². The summed E-state index contributed by atoms with van der Waals surface area (Å²) >= 11 is 0. The van der Waals surface area contributed by atoms with Gasteiger partial charge < -0.3 is 4.48 Å². The second-order valence-electron chi connectivity index (χ2n) is 9.81. The molecule has 2 fully saturated rings. The van der Waals surface area contributed by atoms with Gasteiger partial charge in [-0.2, -0.15) is 21.9 Å². The highest BCUT2D eigenvalue weighted by atomic mass is 15.4. The fraction of sp³-hybridized carbons (Fsp3) is 0.226. The van der Waals surface area contributed by atoms with Crippen LogP contribution in [0, 0.1) is 0 Å². The van der Waals surface area contributed by atoms with Crippen LogP contribution >= 0.6 is 0 Å². The van der Waals surface area contributed by atoms with Crippen LogP contribution in [0.4, 0.5) is 0 Å². The summed E-state index contributed by atoms with van der Waals surface area (Å²) in [7, 11) is 0. The average molecular weight is 431 g/mol. The summed E-state index contributed by atoms with van der Waals surface area (Å²) in [4.78, 5) is 0. The van der Waals surface area contributed by atoms with E-state index >= 15 is 0 Å². The minimum Gasteiger partial charge on any atom is -0.323 e. The van der Waals surface area contributed by atoms with Gasteiger partial charge in [0.2, 0.25) is 0 Å². The Morgan fingerprint density at radius 2 is 0.636 bits per heavy atom. The predicted octanol–water partition coefficient (Wildman–Crippen LogP) is 4.06. The average Bonchev–Trinajstić information content (AvgIpc) is 3.39. The Labute approximate surface area is 199 Å². The molecule has 0 aromatic heterocycles. The monoisotopic (exact) mass is 431 g/mol. The van der Waals surface area contributed by atoms with Crippen LogP contribution in [0.25, 0.3) is 0 Å². The molecule has 2 saturated heterocycles. The molecule has 0 bridgehead atoms. The minimum atomic E-state index is -1.22. The van der Waals surface area contributed by atoms with Crippen molar-refractivity contribution in [3.63, 3.8) is 0 Å². The zero-order valence-corrected chi connectivity index (χ0v) is 19.5. The van der Waals surface area contributed by atoms with Crippen molar-refractivity contribution in [1.82, 2.24) is 0 Å². The van der Waals surface area contributed by atoms with Gasteiger partial charge in [0.25, 0.3) is 0 Å². The lowest BCUT2D eigenvalue weighted by atomic mass is 9.13. The van der Waals surface area contributed by atoms with E-state index < -0.39 is 6.15 Å². The molecule has 0 saturated carbocycles. The molecule has 1 nitrogen and oxygen atoms in total. The number of hydrogen-bond acceptors (Lipinski definition) is 0. The molecular weight excluding hydrogens is 397 g/mol. The lowest BCUT2D eigenvalue weighted by Crippen LogP contribution is -2.74. The van der Waals surface area contributed by atoms with Crippen LogP contribution < -0.4 is 21.9 Å². The zero-order valence-electron chi connectivity index (χ0n) is 19.5. The molecular formula is C31H34BN. The van der Waals surface area contributed by atoms with E-state index in [2.05, 4.69) is 121 Å². The molecule has 33 heavy (non-hydrogen) atoms. The first kappa shape index (κ1) is 21.7. The first-order valence-electron chi connectivity index (χ1n) is 12.6. The first-order valence-corrected chi connectivity index (χ1v) is 12.6. The van der Waals surface area contributed by atoms with E-state index in [4.69, 9.17) is 0 Å². The maximum atomic E-state index is 2.26. The van der Waals surface area contributed by atoms with Gasteiger partial charge in [-0.3, -0.25) is 0 Å². The third kappa shape index (κ3) is 4.28. The number of benzene rings is 4. The van der Waals surface area contributed by atoms with Crippen molar-refractivity contribution in [2.75, 3.05) is 26.2 Å². The fourth-order valence-corrected chi connectivity index (χ4v) is 6.18. The van der Waals surface area contributed by atoms with Gasteiger partial charge >= 0.3 is 0 Å². The van der Waals surface area contributed by atoms with Gasteiger partial charge in [-0.15, -0.1) is 0 Å². The van der Waals surface area contributed by atoms with Gasteiger partial charge in [0, 0.05) is 19.3 Å². The third-order valence-corrected chi connectivity index (χ3v) is 7.98. The Bertz CT molecular complexity index is 951. The maximum absolute atomic E-state index is 2.26. The van der Waals surface area contributed by atoms with Crippen molar-refractivity contribution < 1.29 is 4.48 Å². The molecule has 0 atom stereocenters. The van der Waals surface area contributed by atoms with Gasteiger partial charge in [0.05, 0.1) is 26.2 Å². The van der Waals surface area contributed by atoms with E-state index in [1.165, 1.54) is 71.8 Å². The maximum Gasteiger partial charge on any atom is 0.108 e. The van der Waals surface area contributed by atoms with Crippen LogP contribution in [-0.4, -0.2) is 36.8 Å². The van der Waals surface area contributed by atoms with E-state index in [9.17, 15) is 0 Å². The van der Waals surface area contributed by atoms with E-state index in [0.717, 1.165) is 0 Å². The van der Waals surface area contributed by atoms with Gasteiger partial charge in [0.15, 0.2) is 0 Å². The molecule has 2 aliphatic heterocycles. The molecule has 1 spiro atoms. The number of nitrogens with zero attached hydrogens (tertiary/aromatic N) is 1. The second-order valence-corrected chi connectivity index (χ2v) is 9.81. The molecule has 166 valence electrons. The summed E-state index contributed by atoms with van der Waals surface area (Å²) in [6.07, 6.45) is 3.28. The van der Waals surface area contributed by atoms with Crippen LogP contribution in [0.5, 0.6) is 0 Å². The topological polar surface area (TPSA) is 0 Å². The van der Waals surface area contributed by atoms with Crippen molar-refractivity contribution >= 4 is 28.0 Å². The normalized spacial score (nSPS) is 16.5. The first-order chi connectivity index (χ1) is 16.3. The van der Waals surface area contributed by atoms with Crippen molar-refractivity contribution in [1.29, 1.82) is 0 Å². The molecule has 0 radical (unpaired) electrons. The molecule has 2 heterocycles. The molecule has 4 aromatic carbocycles. The van der Waals surface area contributed by atoms with E-state index in [-0.39, 0.29) is 0 Å². The summed E-state index contributed by atoms with van der Waals surface area (Å²) in [5, 5.41) is 0. The van der Waals surface area contributed by atoms with Crippen LogP contribution in [0.3, 0.4) is 0 Å². The number of rotatable bonds is 4. The van der Waals surface area contributed by atoms with E-state index in [1.807, 2.05) is 0 Å². The summed E-state index contributed by atoms with van der Waals surface area (Å²) < 4.78 is 1.50. The number of hydrogen-bond donors (Lipinski definition) is 0. The smallest absolute Gasteiger partial charge is 0.108 e. The van der Waals surface area contributed by atoms with Crippen LogP contribution in [0.2, 0.25) is 0 Å². The number of quaternary nitrogens is 1. The molecule has 0 N–H and O–H groups in total. The SMILES string of the molecule is C1CC[N+]2(C1)CCC2.c1ccc([B-](c2ccccc2)(c2ccccc2)c2ccccc2)cc1. The van der Waals surface area contributed by atoms with Crippen molar-refractivity contribution in [2.24, 2.45) is 0 Å². The largest absolute Gasteiger partial charge is 0.323 e. The van der Waals surface area contributed by atoms with Crippen molar-refractivity contribution in [3.05, 3.63) is 121 Å². The lowest BCUT2D eigenvalue weighted by Gasteiger charge is -2.44. The summed E-state index contributed by atoms with van der Waals surface area (Å²) in [6, 6.07) is 43.5. The Morgan fingerprint density at radius 3 is 0.848 bits per heavy atom. The Kier molecular flexibility index (Phi) is 6.46.